The molecule has 1 aromatic carbocycles. The number of anilines is 1. The fraction of sp³-hybridized carbons (Fsp3) is 0.696. The Bertz CT molecular complexity index is 554. The van der Waals surface area contributed by atoms with Gasteiger partial charge in [-0.25, -0.2) is 0 Å². The summed E-state index contributed by atoms with van der Waals surface area (Å²) in [6.07, 6.45) is 5.52. The summed E-state index contributed by atoms with van der Waals surface area (Å²) >= 11 is 0. The molecule has 0 radical (unpaired) electrons. The maximum Gasteiger partial charge on any atom is 0.293 e. The fourth-order valence-electron chi connectivity index (χ4n) is 4.36. The van der Waals surface area contributed by atoms with Crippen molar-refractivity contribution >= 4 is 12.2 Å². The molecule has 0 unspecified atom stereocenters. The number of nitrogens with one attached hydrogen (secondary N) is 1. The van der Waals surface area contributed by atoms with Crippen LogP contribution in [-0.2, 0) is 9.53 Å². The number of hydrogen-bond donors (Lipinski definition) is 1. The molecule has 4 heteroatoms. The van der Waals surface area contributed by atoms with Crippen LogP contribution in [0.25, 0.3) is 0 Å². The van der Waals surface area contributed by atoms with Gasteiger partial charge in [-0.1, -0.05) is 39.0 Å². The van der Waals surface area contributed by atoms with Crippen molar-refractivity contribution in [3.05, 3.63) is 29.8 Å². The lowest BCUT2D eigenvalue weighted by molar-refractivity contribution is -0.128. The van der Waals surface area contributed by atoms with Gasteiger partial charge in [-0.05, 0) is 61.5 Å². The summed E-state index contributed by atoms with van der Waals surface area (Å²) in [5, 5.41) is 3.46. The first kappa shape index (κ1) is 21.7. The maximum atomic E-state index is 9.18. The Kier molecular flexibility index (Phi) is 8.62. The van der Waals surface area contributed by atoms with Crippen LogP contribution in [-0.4, -0.2) is 39.3 Å². The SMILES string of the molecule is CC(C)(C)C1CCC(c2ccccc2N2CCNCC2)CC1.CCOC=O. The molecule has 152 valence electrons. The van der Waals surface area contributed by atoms with Crippen LogP contribution < -0.4 is 10.2 Å². The van der Waals surface area contributed by atoms with Gasteiger partial charge in [-0.15, -0.1) is 0 Å². The Morgan fingerprint density at radius 3 is 2.26 bits per heavy atom. The molecule has 4 nitrogen and oxygen atoms in total. The van der Waals surface area contributed by atoms with Crippen molar-refractivity contribution in [2.24, 2.45) is 11.3 Å². The van der Waals surface area contributed by atoms with Gasteiger partial charge in [0, 0.05) is 31.9 Å². The lowest BCUT2D eigenvalue weighted by Crippen LogP contribution is -2.44. The predicted molar refractivity (Wildman–Crippen MR) is 113 cm³/mol. The lowest BCUT2D eigenvalue weighted by Gasteiger charge is -2.39. The van der Waals surface area contributed by atoms with Crippen molar-refractivity contribution in [2.45, 2.75) is 59.3 Å². The van der Waals surface area contributed by atoms with E-state index in [2.05, 4.69) is 60.0 Å². The molecule has 2 fully saturated rings. The number of rotatable bonds is 4. The first-order valence-electron chi connectivity index (χ1n) is 10.6. The van der Waals surface area contributed by atoms with E-state index in [-0.39, 0.29) is 0 Å². The Balaban J connectivity index is 0.000000465. The highest BCUT2D eigenvalue weighted by Gasteiger charge is 2.31. The van der Waals surface area contributed by atoms with Gasteiger partial charge in [-0.2, -0.15) is 0 Å². The van der Waals surface area contributed by atoms with Crippen LogP contribution in [0.15, 0.2) is 24.3 Å². The van der Waals surface area contributed by atoms with Crippen molar-refractivity contribution < 1.29 is 9.53 Å². The minimum atomic E-state index is 0.431. The van der Waals surface area contributed by atoms with E-state index in [9.17, 15) is 4.79 Å². The van der Waals surface area contributed by atoms with Gasteiger partial charge in [0.2, 0.25) is 0 Å². The van der Waals surface area contributed by atoms with Crippen LogP contribution in [0.2, 0.25) is 0 Å². The molecule has 0 aromatic heterocycles. The first-order valence-corrected chi connectivity index (χ1v) is 10.6. The van der Waals surface area contributed by atoms with Crippen molar-refractivity contribution in [1.29, 1.82) is 0 Å². The normalized spacial score (nSPS) is 23.2. The Labute approximate surface area is 165 Å². The zero-order valence-corrected chi connectivity index (χ0v) is 17.7. The minimum absolute atomic E-state index is 0.431. The van der Waals surface area contributed by atoms with Gasteiger partial charge in [0.25, 0.3) is 6.47 Å². The van der Waals surface area contributed by atoms with E-state index in [1.807, 2.05) is 0 Å². The quantitative estimate of drug-likeness (QED) is 0.782. The molecular formula is C23H38N2O2. The van der Waals surface area contributed by atoms with Crippen LogP contribution >= 0.6 is 0 Å². The second-order valence-electron chi connectivity index (χ2n) is 8.76. The zero-order chi connectivity index (χ0) is 19.7. The summed E-state index contributed by atoms with van der Waals surface area (Å²) in [7, 11) is 0. The van der Waals surface area contributed by atoms with Crippen molar-refractivity contribution in [2.75, 3.05) is 37.7 Å². The number of carbonyl (C=O) groups excluding carboxylic acids is 1. The summed E-state index contributed by atoms with van der Waals surface area (Å²) < 4.78 is 4.15. The first-order chi connectivity index (χ1) is 13.0. The molecule has 1 N–H and O–H groups in total. The molecule has 0 bridgehead atoms. The van der Waals surface area contributed by atoms with E-state index >= 15 is 0 Å². The molecule has 0 atom stereocenters. The average molecular weight is 375 g/mol. The number of ether oxygens (including phenoxy) is 1. The monoisotopic (exact) mass is 374 g/mol. The second kappa shape index (κ2) is 10.7. The van der Waals surface area contributed by atoms with E-state index < -0.39 is 0 Å². The molecule has 1 aliphatic heterocycles. The number of piperazine rings is 1. The van der Waals surface area contributed by atoms with Crippen molar-refractivity contribution in [3.63, 3.8) is 0 Å². The van der Waals surface area contributed by atoms with E-state index in [0.29, 0.717) is 18.5 Å². The van der Waals surface area contributed by atoms with E-state index in [4.69, 9.17) is 0 Å². The van der Waals surface area contributed by atoms with Crippen LogP contribution in [0.3, 0.4) is 0 Å². The minimum Gasteiger partial charge on any atom is -0.468 e. The van der Waals surface area contributed by atoms with Crippen LogP contribution in [0.5, 0.6) is 0 Å². The second-order valence-corrected chi connectivity index (χ2v) is 8.76. The van der Waals surface area contributed by atoms with Crippen LogP contribution in [0.1, 0.15) is 64.9 Å². The molecule has 1 saturated heterocycles. The molecule has 0 spiro atoms. The third kappa shape index (κ3) is 6.53. The molecular weight excluding hydrogens is 336 g/mol. The predicted octanol–water partition coefficient (Wildman–Crippen LogP) is 4.60. The number of para-hydroxylation sites is 1. The number of benzene rings is 1. The topological polar surface area (TPSA) is 41.6 Å². The number of nitrogens with zero attached hydrogens (tertiary/aromatic N) is 1. The molecule has 2 aliphatic rings. The number of hydrogen-bond acceptors (Lipinski definition) is 4. The molecule has 1 aromatic rings. The highest BCUT2D eigenvalue weighted by Crippen LogP contribution is 2.45. The third-order valence-corrected chi connectivity index (χ3v) is 6.02. The zero-order valence-electron chi connectivity index (χ0n) is 17.7. The Morgan fingerprint density at radius 2 is 1.74 bits per heavy atom. The highest BCUT2D eigenvalue weighted by molar-refractivity contribution is 5.55. The van der Waals surface area contributed by atoms with Crippen molar-refractivity contribution in [3.8, 4) is 0 Å². The fourth-order valence-corrected chi connectivity index (χ4v) is 4.36. The molecule has 1 aliphatic carbocycles. The van der Waals surface area contributed by atoms with Crippen LogP contribution in [0.4, 0.5) is 5.69 Å². The largest absolute Gasteiger partial charge is 0.468 e. The summed E-state index contributed by atoms with van der Waals surface area (Å²) in [5.41, 5.74) is 3.59. The van der Waals surface area contributed by atoms with Gasteiger partial charge in [-0.3, -0.25) is 4.79 Å². The molecule has 1 heterocycles. The third-order valence-electron chi connectivity index (χ3n) is 6.02. The molecule has 3 rings (SSSR count). The Hall–Kier alpha value is -1.55. The van der Waals surface area contributed by atoms with Gasteiger partial charge < -0.3 is 15.0 Å². The summed E-state index contributed by atoms with van der Waals surface area (Å²) in [4.78, 5) is 11.8. The summed E-state index contributed by atoms with van der Waals surface area (Å²) in [5.74, 6) is 1.67. The summed E-state index contributed by atoms with van der Waals surface area (Å²) in [6, 6.07) is 9.18. The molecule has 0 amide bonds. The molecule has 1 saturated carbocycles. The standard InChI is InChI=1S/C20H32N2.C3H6O2/c1-20(2,3)17-10-8-16(9-11-17)18-6-4-5-7-19(18)22-14-12-21-13-15-22;1-2-5-3-4/h4-7,16-17,21H,8-15H2,1-3H3;3H,2H2,1H3. The van der Waals surface area contributed by atoms with E-state index in [1.54, 1.807) is 12.5 Å². The average Bonchev–Trinajstić information content (AvgIpc) is 2.69. The van der Waals surface area contributed by atoms with E-state index in [0.717, 1.165) is 38.0 Å². The maximum absolute atomic E-state index is 9.18. The van der Waals surface area contributed by atoms with Gasteiger partial charge in [0.1, 0.15) is 0 Å². The highest BCUT2D eigenvalue weighted by atomic mass is 16.5. The summed E-state index contributed by atoms with van der Waals surface area (Å²) in [6.45, 7) is 14.4. The molecule has 27 heavy (non-hydrogen) atoms. The lowest BCUT2D eigenvalue weighted by atomic mass is 9.68. The van der Waals surface area contributed by atoms with Gasteiger partial charge in [0.05, 0.1) is 6.61 Å². The van der Waals surface area contributed by atoms with Crippen LogP contribution in [0, 0.1) is 11.3 Å². The van der Waals surface area contributed by atoms with Crippen molar-refractivity contribution in [1.82, 2.24) is 5.32 Å². The Morgan fingerprint density at radius 1 is 1.11 bits per heavy atom. The smallest absolute Gasteiger partial charge is 0.293 e. The van der Waals surface area contributed by atoms with Gasteiger partial charge in [0.15, 0.2) is 0 Å². The van der Waals surface area contributed by atoms with E-state index in [1.165, 1.54) is 31.4 Å². The number of carbonyl (C=O) groups is 1. The van der Waals surface area contributed by atoms with Gasteiger partial charge >= 0.3 is 0 Å².